The SMILES string of the molecule is CC(C)(C)c1ccc(-c2ccc(-c3nc4c(s3)N(c3ccc(C(C)(C)C)cc3)c3cc(C(C)(C)C)cc5c3B4c3cc4c(cc3N5c3ccc5c(c3)C(C)(C)CCC5(C)C)C(C)(C)CCC4(C)C)cc2)cc1. The summed E-state index contributed by atoms with van der Waals surface area (Å²) >= 11 is 1.85. The molecule has 4 aliphatic rings. The molecule has 72 heavy (non-hydrogen) atoms. The lowest BCUT2D eigenvalue weighted by Crippen LogP contribution is -2.62. The van der Waals surface area contributed by atoms with E-state index in [4.69, 9.17) is 4.98 Å². The molecule has 3 heterocycles. The largest absolute Gasteiger partial charge is 0.311 e. The van der Waals surface area contributed by atoms with Gasteiger partial charge in [0.15, 0.2) is 0 Å². The summed E-state index contributed by atoms with van der Waals surface area (Å²) in [6.45, 7) is 40.6. The van der Waals surface area contributed by atoms with Gasteiger partial charge in [0.2, 0.25) is 0 Å². The number of rotatable bonds is 4. The van der Waals surface area contributed by atoms with Crippen molar-refractivity contribution in [1.29, 1.82) is 0 Å². The lowest BCUT2D eigenvalue weighted by Gasteiger charge is -2.47. The maximum absolute atomic E-state index is 5.92. The van der Waals surface area contributed by atoms with E-state index >= 15 is 0 Å². The van der Waals surface area contributed by atoms with Crippen LogP contribution in [0.5, 0.6) is 0 Å². The number of anilines is 6. The van der Waals surface area contributed by atoms with Crippen molar-refractivity contribution in [2.24, 2.45) is 0 Å². The van der Waals surface area contributed by atoms with Crippen LogP contribution in [0.25, 0.3) is 21.7 Å². The van der Waals surface area contributed by atoms with Crippen LogP contribution in [-0.2, 0) is 37.9 Å². The summed E-state index contributed by atoms with van der Waals surface area (Å²) in [6, 6.07) is 45.7. The molecule has 6 aromatic carbocycles. The Hall–Kier alpha value is -5.39. The Morgan fingerprint density at radius 3 is 1.39 bits per heavy atom. The summed E-state index contributed by atoms with van der Waals surface area (Å²) in [6.07, 6.45) is 4.69. The fourth-order valence-electron chi connectivity index (χ4n) is 12.6. The molecule has 0 radical (unpaired) electrons. The lowest BCUT2D eigenvalue weighted by atomic mass is 9.35. The smallest absolute Gasteiger partial charge is 0.276 e. The minimum Gasteiger partial charge on any atom is -0.311 e. The average molecular weight is 968 g/mol. The maximum Gasteiger partial charge on any atom is 0.276 e. The topological polar surface area (TPSA) is 19.4 Å². The van der Waals surface area contributed by atoms with Crippen LogP contribution in [0.2, 0.25) is 0 Å². The standard InChI is InChI=1S/C67H78BN3S/c1-61(2,3)44-24-22-42(23-25-44)41-18-20-43(21-19-41)59-69-58-60(72-59)71(47-28-26-45(27-29-47)62(4,5)6)56-37-46(63(7,8)9)36-55-57(56)68(58)53-39-51-52(67(16,17)35-34-66(51,14)15)40-54(53)70(55)48-30-31-49-50(38-48)65(12,13)33-32-64(49,10)11/h18-31,36-40H,32-35H2,1-17H3. The molecule has 5 heteroatoms. The zero-order valence-electron chi connectivity index (χ0n) is 46.6. The normalized spacial score (nSPS) is 18.2. The average Bonchev–Trinajstić information content (AvgIpc) is 3.76. The van der Waals surface area contributed by atoms with Gasteiger partial charge in [-0.1, -0.05) is 202 Å². The van der Waals surface area contributed by atoms with Gasteiger partial charge in [-0.25, -0.2) is 4.98 Å². The van der Waals surface area contributed by atoms with Gasteiger partial charge < -0.3 is 9.80 Å². The minimum absolute atomic E-state index is 0.0325. The molecular formula is C67H78BN3S. The van der Waals surface area contributed by atoms with Crippen LogP contribution in [0, 0.1) is 0 Å². The first-order valence-electron chi connectivity index (χ1n) is 27.0. The van der Waals surface area contributed by atoms with Crippen molar-refractivity contribution < 1.29 is 0 Å². The van der Waals surface area contributed by atoms with Crippen molar-refractivity contribution >= 4 is 68.0 Å². The fraction of sp³-hybridized carbons (Fsp3) is 0.418. The Morgan fingerprint density at radius 2 is 0.861 bits per heavy atom. The summed E-state index contributed by atoms with van der Waals surface area (Å²) in [7, 11) is 0. The molecule has 0 fully saturated rings. The molecule has 0 spiro atoms. The Morgan fingerprint density at radius 1 is 0.431 bits per heavy atom. The van der Waals surface area contributed by atoms with Gasteiger partial charge in [-0.05, 0) is 167 Å². The third-order valence-corrected chi connectivity index (χ3v) is 18.8. The minimum atomic E-state index is -0.119. The van der Waals surface area contributed by atoms with Crippen molar-refractivity contribution in [1.82, 2.24) is 4.98 Å². The van der Waals surface area contributed by atoms with E-state index in [-0.39, 0.29) is 44.6 Å². The number of nitrogens with zero attached hydrogens (tertiary/aromatic N) is 3. The van der Waals surface area contributed by atoms with Crippen molar-refractivity contribution in [3.05, 3.63) is 154 Å². The predicted molar refractivity (Wildman–Crippen MR) is 314 cm³/mol. The molecule has 0 saturated heterocycles. The molecule has 0 saturated carbocycles. The van der Waals surface area contributed by atoms with Crippen molar-refractivity contribution in [2.45, 2.75) is 181 Å². The molecule has 7 aromatic rings. The highest BCUT2D eigenvalue weighted by Crippen LogP contribution is 2.54. The highest BCUT2D eigenvalue weighted by molar-refractivity contribution is 7.22. The van der Waals surface area contributed by atoms with Gasteiger partial charge >= 0.3 is 0 Å². The van der Waals surface area contributed by atoms with Crippen LogP contribution in [-0.4, -0.2) is 11.7 Å². The molecule has 0 atom stereocenters. The van der Waals surface area contributed by atoms with E-state index in [9.17, 15) is 0 Å². The molecule has 2 aliphatic carbocycles. The number of benzene rings is 6. The molecule has 0 bridgehead atoms. The second-order valence-corrected chi connectivity index (χ2v) is 28.9. The molecule has 11 rings (SSSR count). The van der Waals surface area contributed by atoms with Gasteiger partial charge in [-0.2, -0.15) is 0 Å². The van der Waals surface area contributed by atoms with Gasteiger partial charge in [0.05, 0.1) is 5.59 Å². The highest BCUT2D eigenvalue weighted by Gasteiger charge is 2.49. The summed E-state index contributed by atoms with van der Waals surface area (Å²) in [5.41, 5.74) is 24.0. The summed E-state index contributed by atoms with van der Waals surface area (Å²) in [4.78, 5) is 11.2. The van der Waals surface area contributed by atoms with E-state index in [0.717, 1.165) is 29.0 Å². The summed E-state index contributed by atoms with van der Waals surface area (Å²) < 4.78 is 0. The van der Waals surface area contributed by atoms with Crippen LogP contribution in [0.15, 0.2) is 115 Å². The summed E-state index contributed by atoms with van der Waals surface area (Å²) in [5.74, 6) is 0. The molecule has 370 valence electrons. The monoisotopic (exact) mass is 968 g/mol. The van der Waals surface area contributed by atoms with Gasteiger partial charge in [-0.3, -0.25) is 0 Å². The van der Waals surface area contributed by atoms with E-state index in [2.05, 4.69) is 243 Å². The molecular weight excluding hydrogens is 890 g/mol. The predicted octanol–water partition coefficient (Wildman–Crippen LogP) is 17.2. The first-order chi connectivity index (χ1) is 33.5. The van der Waals surface area contributed by atoms with Crippen molar-refractivity contribution in [3.8, 4) is 21.7 Å². The number of hydrogen-bond acceptors (Lipinski definition) is 4. The van der Waals surface area contributed by atoms with Gasteiger partial charge in [0.1, 0.15) is 10.0 Å². The number of fused-ring (bicyclic) bond motifs is 6. The third-order valence-electron chi connectivity index (χ3n) is 17.7. The van der Waals surface area contributed by atoms with Gasteiger partial charge in [0, 0.05) is 34.0 Å². The molecule has 0 unspecified atom stereocenters. The second kappa shape index (κ2) is 16.1. The first-order valence-corrected chi connectivity index (χ1v) is 27.8. The van der Waals surface area contributed by atoms with E-state index in [1.165, 1.54) is 107 Å². The fourth-order valence-corrected chi connectivity index (χ4v) is 13.7. The van der Waals surface area contributed by atoms with Crippen LogP contribution in [0.1, 0.15) is 182 Å². The van der Waals surface area contributed by atoms with E-state index in [1.54, 1.807) is 0 Å². The lowest BCUT2D eigenvalue weighted by molar-refractivity contribution is 0.332. The number of thiazole rings is 1. The number of aromatic nitrogens is 1. The number of hydrogen-bond donors (Lipinski definition) is 0. The van der Waals surface area contributed by atoms with Gasteiger partial charge in [0.25, 0.3) is 6.71 Å². The van der Waals surface area contributed by atoms with E-state index in [1.807, 2.05) is 11.3 Å². The summed E-state index contributed by atoms with van der Waals surface area (Å²) in [5, 5.41) is 2.26. The van der Waals surface area contributed by atoms with Crippen LogP contribution in [0.4, 0.5) is 33.4 Å². The Kier molecular flexibility index (Phi) is 10.9. The zero-order chi connectivity index (χ0) is 51.5. The molecule has 1 aromatic heterocycles. The molecule has 0 N–H and O–H groups in total. The second-order valence-electron chi connectivity index (χ2n) is 27.9. The third kappa shape index (κ3) is 7.93. The van der Waals surface area contributed by atoms with Crippen LogP contribution in [0.3, 0.4) is 0 Å². The quantitative estimate of drug-likeness (QED) is 0.164. The van der Waals surface area contributed by atoms with Gasteiger partial charge in [-0.15, -0.1) is 0 Å². The van der Waals surface area contributed by atoms with Crippen molar-refractivity contribution in [3.63, 3.8) is 0 Å². The van der Waals surface area contributed by atoms with Crippen LogP contribution < -0.4 is 26.3 Å². The Labute approximate surface area is 437 Å². The molecule has 0 amide bonds. The molecule has 2 aliphatic heterocycles. The maximum atomic E-state index is 5.92. The van der Waals surface area contributed by atoms with Crippen LogP contribution >= 0.6 is 11.3 Å². The Balaban J connectivity index is 1.19. The molecule has 3 nitrogen and oxygen atoms in total. The van der Waals surface area contributed by atoms with E-state index in [0.29, 0.717) is 0 Å². The first kappa shape index (κ1) is 48.9. The Bertz CT molecular complexity index is 3290. The zero-order valence-corrected chi connectivity index (χ0v) is 47.4. The van der Waals surface area contributed by atoms with E-state index < -0.39 is 0 Å². The highest BCUT2D eigenvalue weighted by atomic mass is 32.1. The van der Waals surface area contributed by atoms with Crippen molar-refractivity contribution in [2.75, 3.05) is 9.80 Å².